The minimum absolute atomic E-state index is 0.270. The molecule has 0 saturated heterocycles. The van der Waals surface area contributed by atoms with Gasteiger partial charge in [-0.3, -0.25) is 0 Å². The lowest BCUT2D eigenvalue weighted by atomic mass is 10.2. The predicted molar refractivity (Wildman–Crippen MR) is 122 cm³/mol. The number of imidazole rings is 1. The van der Waals surface area contributed by atoms with Crippen molar-refractivity contribution in [1.29, 1.82) is 0 Å². The normalized spacial score (nSPS) is 11.1. The molecule has 0 radical (unpaired) electrons. The van der Waals surface area contributed by atoms with Crippen molar-refractivity contribution in [1.82, 2.24) is 24.3 Å². The summed E-state index contributed by atoms with van der Waals surface area (Å²) in [5.74, 6) is 1.94. The van der Waals surface area contributed by atoms with Crippen molar-refractivity contribution in [2.45, 2.75) is 6.92 Å². The molecule has 160 valence electrons. The van der Waals surface area contributed by atoms with Gasteiger partial charge in [-0.05, 0) is 55.5 Å². The van der Waals surface area contributed by atoms with E-state index in [2.05, 4.69) is 15.4 Å². The van der Waals surface area contributed by atoms with E-state index in [1.807, 2.05) is 54.9 Å². The number of nitrogens with zero attached hydrogens (tertiary/aromatic N) is 5. The van der Waals surface area contributed by atoms with E-state index in [9.17, 15) is 4.39 Å². The molecule has 0 amide bonds. The fourth-order valence-corrected chi connectivity index (χ4v) is 3.79. The van der Waals surface area contributed by atoms with Gasteiger partial charge in [0.25, 0.3) is 0 Å². The second-order valence-electron chi connectivity index (χ2n) is 7.41. The maximum atomic E-state index is 13.4. The lowest BCUT2D eigenvalue weighted by molar-refractivity contribution is 0.411. The first-order valence-corrected chi connectivity index (χ1v) is 10.1. The van der Waals surface area contributed by atoms with E-state index in [1.54, 1.807) is 23.9 Å². The number of fused-ring (bicyclic) bond motifs is 1. The van der Waals surface area contributed by atoms with Crippen LogP contribution in [-0.4, -0.2) is 31.4 Å². The van der Waals surface area contributed by atoms with Crippen LogP contribution in [0.2, 0.25) is 0 Å². The maximum absolute atomic E-state index is 13.4. The van der Waals surface area contributed by atoms with Crippen LogP contribution in [0.25, 0.3) is 28.1 Å². The summed E-state index contributed by atoms with van der Waals surface area (Å²) in [6, 6.07) is 18.1. The molecular formula is C24H21FN6O. The van der Waals surface area contributed by atoms with Gasteiger partial charge in [0.2, 0.25) is 0 Å². The molecule has 0 fully saturated rings. The first-order valence-electron chi connectivity index (χ1n) is 10.1. The van der Waals surface area contributed by atoms with Gasteiger partial charge in [0, 0.05) is 24.4 Å². The molecule has 3 aromatic carbocycles. The van der Waals surface area contributed by atoms with Crippen LogP contribution in [0.1, 0.15) is 5.82 Å². The van der Waals surface area contributed by atoms with Gasteiger partial charge in [0.1, 0.15) is 40.7 Å². The number of hydrogen-bond acceptors (Lipinski definition) is 5. The van der Waals surface area contributed by atoms with Crippen LogP contribution >= 0.6 is 0 Å². The van der Waals surface area contributed by atoms with E-state index < -0.39 is 0 Å². The van der Waals surface area contributed by atoms with Crippen molar-refractivity contribution in [2.75, 3.05) is 12.4 Å². The molecule has 0 aliphatic rings. The van der Waals surface area contributed by atoms with Crippen molar-refractivity contribution < 1.29 is 9.13 Å². The molecular weight excluding hydrogens is 407 g/mol. The number of aromatic nitrogens is 5. The highest BCUT2D eigenvalue weighted by Gasteiger charge is 2.15. The zero-order valence-electron chi connectivity index (χ0n) is 17.9. The summed E-state index contributed by atoms with van der Waals surface area (Å²) < 4.78 is 22.7. The first kappa shape index (κ1) is 19.7. The standard InChI is InChI=1S/C24H21FN6O/c1-15-26-14-27-31(15)20-12-11-18(13-22(20)32-3)28-19-5-4-6-21-23(19)29-24(30(21)2)16-7-9-17(25)10-8-16/h4-14,28H,1-3H3. The molecule has 0 aliphatic heterocycles. The minimum atomic E-state index is -0.270. The molecule has 8 heteroatoms. The highest BCUT2D eigenvalue weighted by atomic mass is 19.1. The molecule has 2 heterocycles. The summed E-state index contributed by atoms with van der Waals surface area (Å²) in [7, 11) is 3.58. The van der Waals surface area contributed by atoms with Crippen molar-refractivity contribution in [3.8, 4) is 22.8 Å². The Morgan fingerprint density at radius 3 is 2.56 bits per heavy atom. The molecule has 2 aromatic heterocycles. The van der Waals surface area contributed by atoms with Crippen molar-refractivity contribution in [3.63, 3.8) is 0 Å². The number of rotatable bonds is 5. The molecule has 0 saturated carbocycles. The largest absolute Gasteiger partial charge is 0.494 e. The van der Waals surface area contributed by atoms with Gasteiger partial charge in [-0.25, -0.2) is 19.0 Å². The molecule has 0 unspecified atom stereocenters. The van der Waals surface area contributed by atoms with Gasteiger partial charge >= 0.3 is 0 Å². The monoisotopic (exact) mass is 428 g/mol. The van der Waals surface area contributed by atoms with Crippen LogP contribution in [0, 0.1) is 12.7 Å². The second-order valence-corrected chi connectivity index (χ2v) is 7.41. The van der Waals surface area contributed by atoms with E-state index in [1.165, 1.54) is 18.5 Å². The van der Waals surface area contributed by atoms with Crippen molar-refractivity contribution >= 4 is 22.4 Å². The summed E-state index contributed by atoms with van der Waals surface area (Å²) in [5, 5.41) is 7.71. The lowest BCUT2D eigenvalue weighted by Gasteiger charge is -2.13. The number of ether oxygens (including phenoxy) is 1. The Kier molecular flexibility index (Phi) is 4.82. The maximum Gasteiger partial charge on any atom is 0.146 e. The van der Waals surface area contributed by atoms with Gasteiger partial charge < -0.3 is 14.6 Å². The van der Waals surface area contributed by atoms with Crippen molar-refractivity contribution in [2.24, 2.45) is 7.05 Å². The van der Waals surface area contributed by atoms with Crippen LogP contribution in [0.5, 0.6) is 5.75 Å². The molecule has 5 rings (SSSR count). The summed E-state index contributed by atoms with van der Waals surface area (Å²) in [6.45, 7) is 1.89. The lowest BCUT2D eigenvalue weighted by Crippen LogP contribution is -2.03. The predicted octanol–water partition coefficient (Wildman–Crippen LogP) is 5.02. The Morgan fingerprint density at radius 1 is 1.03 bits per heavy atom. The van der Waals surface area contributed by atoms with Crippen LogP contribution in [-0.2, 0) is 7.05 Å². The van der Waals surface area contributed by atoms with E-state index in [0.717, 1.165) is 45.3 Å². The highest BCUT2D eigenvalue weighted by molar-refractivity contribution is 5.93. The fraction of sp³-hybridized carbons (Fsp3) is 0.125. The summed E-state index contributed by atoms with van der Waals surface area (Å²) in [6.07, 6.45) is 1.52. The third-order valence-corrected chi connectivity index (χ3v) is 5.42. The number of aryl methyl sites for hydroxylation is 2. The molecule has 0 aliphatic carbocycles. The van der Waals surface area contributed by atoms with Crippen LogP contribution < -0.4 is 10.1 Å². The fourth-order valence-electron chi connectivity index (χ4n) is 3.79. The van der Waals surface area contributed by atoms with Crippen LogP contribution in [0.3, 0.4) is 0 Å². The smallest absolute Gasteiger partial charge is 0.146 e. The number of methoxy groups -OCH3 is 1. The Labute approximate surface area is 184 Å². The zero-order chi connectivity index (χ0) is 22.2. The van der Waals surface area contributed by atoms with Crippen LogP contribution in [0.4, 0.5) is 15.8 Å². The molecule has 32 heavy (non-hydrogen) atoms. The van der Waals surface area contributed by atoms with Gasteiger partial charge in [-0.1, -0.05) is 6.07 Å². The topological polar surface area (TPSA) is 69.8 Å². The molecule has 7 nitrogen and oxygen atoms in total. The van der Waals surface area contributed by atoms with E-state index in [0.29, 0.717) is 5.75 Å². The Balaban J connectivity index is 1.54. The molecule has 1 N–H and O–H groups in total. The summed E-state index contributed by atoms with van der Waals surface area (Å²) in [4.78, 5) is 9.03. The average molecular weight is 428 g/mol. The highest BCUT2D eigenvalue weighted by Crippen LogP contribution is 2.32. The number of nitrogens with one attached hydrogen (secondary N) is 1. The van der Waals surface area contributed by atoms with Gasteiger partial charge in [0.05, 0.1) is 18.3 Å². The Morgan fingerprint density at radius 2 is 1.84 bits per heavy atom. The van der Waals surface area contributed by atoms with Crippen LogP contribution in [0.15, 0.2) is 67.0 Å². The average Bonchev–Trinajstić information content (AvgIpc) is 3.38. The van der Waals surface area contributed by atoms with E-state index in [4.69, 9.17) is 9.72 Å². The quantitative estimate of drug-likeness (QED) is 0.426. The third-order valence-electron chi connectivity index (χ3n) is 5.42. The van der Waals surface area contributed by atoms with Gasteiger partial charge in [0.15, 0.2) is 0 Å². The second kappa shape index (κ2) is 7.81. The number of hydrogen-bond donors (Lipinski definition) is 1. The summed E-state index contributed by atoms with van der Waals surface area (Å²) in [5.41, 5.74) is 5.16. The molecule has 0 spiro atoms. The SMILES string of the molecule is COc1cc(Nc2cccc3c2nc(-c2ccc(F)cc2)n3C)ccc1-n1ncnc1C. The number of para-hydroxylation sites is 1. The van der Waals surface area contributed by atoms with Crippen molar-refractivity contribution in [3.05, 3.63) is 78.6 Å². The number of benzene rings is 3. The van der Waals surface area contributed by atoms with E-state index >= 15 is 0 Å². The molecule has 0 bridgehead atoms. The first-order chi connectivity index (χ1) is 15.5. The zero-order valence-corrected chi connectivity index (χ0v) is 17.9. The van der Waals surface area contributed by atoms with Gasteiger partial charge in [-0.15, -0.1) is 0 Å². The summed E-state index contributed by atoms with van der Waals surface area (Å²) >= 11 is 0. The number of anilines is 2. The number of halogens is 1. The Bertz CT molecular complexity index is 1420. The third kappa shape index (κ3) is 3.35. The van der Waals surface area contributed by atoms with E-state index in [-0.39, 0.29) is 5.82 Å². The molecule has 5 aromatic rings. The van der Waals surface area contributed by atoms with Gasteiger partial charge in [-0.2, -0.15) is 5.10 Å². The molecule has 0 atom stereocenters. The Hall–Kier alpha value is -4.20. The minimum Gasteiger partial charge on any atom is -0.494 e.